The molecule has 0 unspecified atom stereocenters. The van der Waals surface area contributed by atoms with Crippen molar-refractivity contribution in [1.82, 2.24) is 14.9 Å². The lowest BCUT2D eigenvalue weighted by Crippen LogP contribution is -2.31. The van der Waals surface area contributed by atoms with Crippen LogP contribution in [0.2, 0.25) is 5.28 Å². The molecular weight excluding hydrogens is 437 g/mol. The van der Waals surface area contributed by atoms with Crippen molar-refractivity contribution in [3.8, 4) is 17.4 Å². The molecule has 2 aromatic rings. The summed E-state index contributed by atoms with van der Waals surface area (Å²) in [6.07, 6.45) is 2.48. The summed E-state index contributed by atoms with van der Waals surface area (Å²) in [5.74, 6) is -1.01. The quantitative estimate of drug-likeness (QED) is 0.435. The third-order valence-corrected chi connectivity index (χ3v) is 4.94. The summed E-state index contributed by atoms with van der Waals surface area (Å²) in [5.41, 5.74) is 0.601. The molecule has 0 radical (unpaired) electrons. The molecule has 1 saturated heterocycles. The van der Waals surface area contributed by atoms with E-state index >= 15 is 0 Å². The number of hydrogen-bond acceptors (Lipinski definition) is 8. The van der Waals surface area contributed by atoms with Crippen LogP contribution in [-0.2, 0) is 9.53 Å². The molecule has 1 fully saturated rings. The molecule has 0 aliphatic carbocycles. The molecular formula is C19H17ClFN3O5S. The van der Waals surface area contributed by atoms with Gasteiger partial charge in [-0.3, -0.25) is 14.5 Å². The van der Waals surface area contributed by atoms with Crippen molar-refractivity contribution in [2.75, 3.05) is 26.9 Å². The molecule has 11 heteroatoms. The highest BCUT2D eigenvalue weighted by atomic mass is 35.5. The number of carbonyl (C=O) groups is 2. The lowest BCUT2D eigenvalue weighted by molar-refractivity contribution is -0.123. The molecule has 1 aromatic carbocycles. The van der Waals surface area contributed by atoms with Gasteiger partial charge in [-0.1, -0.05) is 6.07 Å². The molecule has 0 spiro atoms. The Hall–Kier alpha value is -2.69. The molecule has 0 N–H and O–H groups in total. The molecule has 0 saturated carbocycles. The highest BCUT2D eigenvalue weighted by Crippen LogP contribution is 2.36. The van der Waals surface area contributed by atoms with E-state index in [1.807, 2.05) is 0 Å². The summed E-state index contributed by atoms with van der Waals surface area (Å²) in [5, 5.41) is -0.519. The molecule has 1 aliphatic heterocycles. The van der Waals surface area contributed by atoms with Gasteiger partial charge < -0.3 is 14.2 Å². The first-order chi connectivity index (χ1) is 14.4. The summed E-state index contributed by atoms with van der Waals surface area (Å²) in [4.78, 5) is 33.2. The summed E-state index contributed by atoms with van der Waals surface area (Å²) in [6, 6.07) is 4.80. The number of methoxy groups -OCH3 is 1. The van der Waals surface area contributed by atoms with Crippen LogP contribution in [0.5, 0.6) is 17.4 Å². The molecule has 3 rings (SSSR count). The zero-order valence-electron chi connectivity index (χ0n) is 16.1. The molecule has 1 aliphatic rings. The number of amides is 2. The number of ether oxygens (including phenoxy) is 3. The van der Waals surface area contributed by atoms with E-state index in [1.165, 1.54) is 7.11 Å². The second kappa shape index (κ2) is 9.88. The molecule has 30 heavy (non-hydrogen) atoms. The van der Waals surface area contributed by atoms with Crippen LogP contribution in [0, 0.1) is 5.82 Å². The van der Waals surface area contributed by atoms with E-state index < -0.39 is 11.7 Å². The van der Waals surface area contributed by atoms with Crippen LogP contribution in [0.15, 0.2) is 29.3 Å². The van der Waals surface area contributed by atoms with Crippen molar-refractivity contribution < 1.29 is 28.2 Å². The Balaban J connectivity index is 1.86. The van der Waals surface area contributed by atoms with Gasteiger partial charge in [-0.25, -0.2) is 4.98 Å². The van der Waals surface area contributed by atoms with E-state index in [4.69, 9.17) is 25.8 Å². The first-order valence-electron chi connectivity index (χ1n) is 8.80. The number of hydrogen-bond donors (Lipinski definition) is 0. The minimum Gasteiger partial charge on any atom is -0.490 e. The van der Waals surface area contributed by atoms with Crippen molar-refractivity contribution in [3.63, 3.8) is 0 Å². The average molecular weight is 454 g/mol. The third-order valence-electron chi connectivity index (χ3n) is 3.85. The molecule has 158 valence electrons. The Morgan fingerprint density at radius 1 is 1.30 bits per heavy atom. The number of nitrogens with zero attached hydrogens (tertiary/aromatic N) is 3. The van der Waals surface area contributed by atoms with Gasteiger partial charge in [0.1, 0.15) is 0 Å². The van der Waals surface area contributed by atoms with Gasteiger partial charge in [-0.2, -0.15) is 9.37 Å². The predicted molar refractivity (Wildman–Crippen MR) is 109 cm³/mol. The number of imide groups is 1. The Morgan fingerprint density at radius 2 is 2.10 bits per heavy atom. The van der Waals surface area contributed by atoms with Gasteiger partial charge >= 0.3 is 0 Å². The standard InChI is InChI=1S/C19H17ClFN3O5S/c1-3-28-14-8-11(9-15-17(25)24(6-7-27-2)19(26)30-15)4-5-13(14)29-16-12(21)10-22-18(20)23-16/h4-5,8-10H,3,6-7H2,1-2H3/b15-9+. The van der Waals surface area contributed by atoms with E-state index in [0.29, 0.717) is 17.9 Å². The minimum atomic E-state index is -0.782. The number of rotatable bonds is 8. The van der Waals surface area contributed by atoms with Gasteiger partial charge in [-0.15, -0.1) is 0 Å². The van der Waals surface area contributed by atoms with E-state index in [-0.39, 0.29) is 40.2 Å². The van der Waals surface area contributed by atoms with Crippen molar-refractivity contribution in [1.29, 1.82) is 0 Å². The molecule has 2 heterocycles. The maximum absolute atomic E-state index is 13.9. The largest absolute Gasteiger partial charge is 0.490 e. The van der Waals surface area contributed by atoms with E-state index in [1.54, 1.807) is 31.2 Å². The zero-order valence-corrected chi connectivity index (χ0v) is 17.6. The Morgan fingerprint density at radius 3 is 2.83 bits per heavy atom. The van der Waals surface area contributed by atoms with Gasteiger partial charge in [0.25, 0.3) is 17.0 Å². The second-order valence-electron chi connectivity index (χ2n) is 5.86. The van der Waals surface area contributed by atoms with Gasteiger partial charge in [0.05, 0.1) is 30.9 Å². The monoisotopic (exact) mass is 453 g/mol. The van der Waals surface area contributed by atoms with E-state index in [2.05, 4.69) is 9.97 Å². The number of aromatic nitrogens is 2. The highest BCUT2D eigenvalue weighted by molar-refractivity contribution is 8.18. The first kappa shape index (κ1) is 22.0. The fraction of sp³-hybridized carbons (Fsp3) is 0.263. The highest BCUT2D eigenvalue weighted by Gasteiger charge is 2.34. The molecule has 1 aromatic heterocycles. The third kappa shape index (κ3) is 5.07. The van der Waals surface area contributed by atoms with Gasteiger partial charge in [0, 0.05) is 7.11 Å². The van der Waals surface area contributed by atoms with E-state index in [9.17, 15) is 14.0 Å². The van der Waals surface area contributed by atoms with Crippen LogP contribution in [0.25, 0.3) is 6.08 Å². The van der Waals surface area contributed by atoms with Crippen molar-refractivity contribution in [2.45, 2.75) is 6.92 Å². The Bertz CT molecular complexity index is 1000. The van der Waals surface area contributed by atoms with Crippen molar-refractivity contribution in [2.24, 2.45) is 0 Å². The lowest BCUT2D eigenvalue weighted by atomic mass is 10.2. The van der Waals surface area contributed by atoms with Crippen LogP contribution in [0.3, 0.4) is 0 Å². The van der Waals surface area contributed by atoms with Gasteiger partial charge in [0.15, 0.2) is 11.5 Å². The van der Waals surface area contributed by atoms with Crippen LogP contribution < -0.4 is 9.47 Å². The lowest BCUT2D eigenvalue weighted by Gasteiger charge is -2.12. The summed E-state index contributed by atoms with van der Waals surface area (Å²) < 4.78 is 29.9. The van der Waals surface area contributed by atoms with Gasteiger partial charge in [0.2, 0.25) is 11.1 Å². The topological polar surface area (TPSA) is 90.8 Å². The van der Waals surface area contributed by atoms with Crippen LogP contribution in [0.4, 0.5) is 9.18 Å². The number of carbonyl (C=O) groups excluding carboxylic acids is 2. The SMILES string of the molecule is CCOc1cc(/C=C2/SC(=O)N(CCOC)C2=O)ccc1Oc1nc(Cl)ncc1F. The maximum atomic E-state index is 13.9. The number of thioether (sulfide) groups is 1. The smallest absolute Gasteiger partial charge is 0.293 e. The molecule has 2 amide bonds. The predicted octanol–water partition coefficient (Wildman–Crippen LogP) is 4.14. The number of benzene rings is 1. The Kier molecular flexibility index (Phi) is 7.24. The van der Waals surface area contributed by atoms with E-state index in [0.717, 1.165) is 22.9 Å². The normalized spacial score (nSPS) is 15.2. The summed E-state index contributed by atoms with van der Waals surface area (Å²) in [7, 11) is 1.50. The van der Waals surface area contributed by atoms with Crippen LogP contribution >= 0.6 is 23.4 Å². The average Bonchev–Trinajstić information content (AvgIpc) is 2.98. The summed E-state index contributed by atoms with van der Waals surface area (Å²) in [6.45, 7) is 2.54. The zero-order chi connectivity index (χ0) is 21.7. The molecule has 0 atom stereocenters. The fourth-order valence-corrected chi connectivity index (χ4v) is 3.49. The molecule has 0 bridgehead atoms. The first-order valence-corrected chi connectivity index (χ1v) is 9.99. The van der Waals surface area contributed by atoms with Crippen LogP contribution in [0.1, 0.15) is 12.5 Å². The molecule has 8 nitrogen and oxygen atoms in total. The minimum absolute atomic E-state index is 0.162. The summed E-state index contributed by atoms with van der Waals surface area (Å²) >= 11 is 6.54. The van der Waals surface area contributed by atoms with Crippen molar-refractivity contribution in [3.05, 3.63) is 46.0 Å². The van der Waals surface area contributed by atoms with Crippen molar-refractivity contribution >= 4 is 40.6 Å². The Labute approximate surface area is 181 Å². The van der Waals surface area contributed by atoms with Crippen LogP contribution in [-0.4, -0.2) is 52.9 Å². The number of halogens is 2. The maximum Gasteiger partial charge on any atom is 0.293 e. The van der Waals surface area contributed by atoms with Gasteiger partial charge in [-0.05, 0) is 54.1 Å². The fourth-order valence-electron chi connectivity index (χ4n) is 2.50. The second-order valence-corrected chi connectivity index (χ2v) is 7.19.